The summed E-state index contributed by atoms with van der Waals surface area (Å²) in [5, 5.41) is 18.3. The van der Waals surface area contributed by atoms with E-state index in [4.69, 9.17) is 14.6 Å². The van der Waals surface area contributed by atoms with Gasteiger partial charge in [0.25, 0.3) is 0 Å². The van der Waals surface area contributed by atoms with E-state index in [0.29, 0.717) is 0 Å². The molecule has 0 saturated carbocycles. The Balaban J connectivity index is 3.61. The molecule has 8 heteroatoms. The van der Waals surface area contributed by atoms with Crippen LogP contribution in [-0.2, 0) is 14.6 Å². The average Bonchev–Trinajstić information content (AvgIpc) is 2.34. The second-order valence-electron chi connectivity index (χ2n) is 3.73. The molecule has 0 bridgehead atoms. The average molecular weight is 290 g/mol. The van der Waals surface area contributed by atoms with Crippen LogP contribution in [-0.4, -0.2) is 45.1 Å². The Hall–Kier alpha value is -1.80. The van der Waals surface area contributed by atoms with Gasteiger partial charge in [0.15, 0.2) is 27.4 Å². The molecule has 1 rings (SSSR count). The monoisotopic (exact) mass is 290 g/mol. The van der Waals surface area contributed by atoms with Crippen molar-refractivity contribution in [1.82, 2.24) is 0 Å². The topological polar surface area (TPSA) is 110 Å². The summed E-state index contributed by atoms with van der Waals surface area (Å²) in [5.41, 5.74) is -0.0840. The zero-order valence-corrected chi connectivity index (χ0v) is 11.4. The smallest absolute Gasteiger partial charge is 0.337 e. The largest absolute Gasteiger partial charge is 0.492 e. The summed E-state index contributed by atoms with van der Waals surface area (Å²) in [5.74, 6) is -1.74. The van der Waals surface area contributed by atoms with Crippen molar-refractivity contribution in [3.05, 3.63) is 17.7 Å². The van der Waals surface area contributed by atoms with E-state index in [1.807, 2.05) is 0 Å². The van der Waals surface area contributed by atoms with Crippen LogP contribution < -0.4 is 9.47 Å². The van der Waals surface area contributed by atoms with E-state index < -0.39 is 21.9 Å². The number of carbonyl (C=O) groups is 1. The number of hydrogen-bond donors (Lipinski definition) is 2. The first-order chi connectivity index (χ1) is 8.73. The number of sulfone groups is 1. The quantitative estimate of drug-likeness (QED) is 0.798. The minimum Gasteiger partial charge on any atom is -0.492 e. The number of aliphatic carboxylic acids is 1. The molecule has 0 saturated heterocycles. The summed E-state index contributed by atoms with van der Waals surface area (Å²) in [6.07, 6.45) is -0.852. The molecule has 0 fully saturated rings. The van der Waals surface area contributed by atoms with Gasteiger partial charge in [-0.25, -0.2) is 13.2 Å². The van der Waals surface area contributed by atoms with E-state index in [0.717, 1.165) is 12.3 Å². The van der Waals surface area contributed by atoms with Gasteiger partial charge >= 0.3 is 5.97 Å². The van der Waals surface area contributed by atoms with Gasteiger partial charge in [0, 0.05) is 11.8 Å². The normalized spacial score (nSPS) is 12.8. The molecule has 1 aromatic carbocycles. The molecule has 0 amide bonds. The molecule has 0 spiro atoms. The van der Waals surface area contributed by atoms with Crippen molar-refractivity contribution in [1.29, 1.82) is 0 Å². The van der Waals surface area contributed by atoms with Crippen LogP contribution in [0.25, 0.3) is 0 Å². The van der Waals surface area contributed by atoms with Crippen molar-refractivity contribution in [3.8, 4) is 11.5 Å². The third-order valence-electron chi connectivity index (χ3n) is 2.44. The predicted octanol–water partition coefficient (Wildman–Crippen LogP) is 0.225. The highest BCUT2D eigenvalue weighted by atomic mass is 32.2. The van der Waals surface area contributed by atoms with Gasteiger partial charge in [0.1, 0.15) is 4.90 Å². The van der Waals surface area contributed by atoms with Crippen LogP contribution in [0.1, 0.15) is 11.7 Å². The van der Waals surface area contributed by atoms with Gasteiger partial charge in [-0.05, 0) is 6.07 Å². The molecule has 0 aliphatic rings. The van der Waals surface area contributed by atoms with Crippen LogP contribution in [0.4, 0.5) is 0 Å². The van der Waals surface area contributed by atoms with Gasteiger partial charge in [-0.1, -0.05) is 6.07 Å². The fraction of sp³-hybridized carbons (Fsp3) is 0.364. The van der Waals surface area contributed by atoms with E-state index in [1.54, 1.807) is 0 Å². The molecule has 0 heterocycles. The summed E-state index contributed by atoms with van der Waals surface area (Å²) in [6.45, 7) is 0. The second kappa shape index (κ2) is 5.45. The highest BCUT2D eigenvalue weighted by Gasteiger charge is 2.27. The Labute approximate surface area is 110 Å². The Bertz CT molecular complexity index is 591. The molecule has 19 heavy (non-hydrogen) atoms. The molecule has 0 aromatic heterocycles. The number of hydrogen-bond acceptors (Lipinski definition) is 6. The molecular weight excluding hydrogens is 276 g/mol. The predicted molar refractivity (Wildman–Crippen MR) is 65.3 cm³/mol. The van der Waals surface area contributed by atoms with Crippen LogP contribution in [0.15, 0.2) is 17.0 Å². The van der Waals surface area contributed by atoms with E-state index in [-0.39, 0.29) is 22.0 Å². The number of carboxylic acids is 1. The van der Waals surface area contributed by atoms with Crippen LogP contribution >= 0.6 is 0 Å². The first kappa shape index (κ1) is 15.3. The third-order valence-corrected chi connectivity index (χ3v) is 3.56. The molecule has 0 radical (unpaired) electrons. The molecule has 0 aliphatic carbocycles. The van der Waals surface area contributed by atoms with Gasteiger partial charge < -0.3 is 19.7 Å². The van der Waals surface area contributed by atoms with Gasteiger partial charge in [-0.3, -0.25) is 0 Å². The number of carboxylic acid groups (broad SMARTS) is 1. The molecule has 106 valence electrons. The fourth-order valence-electron chi connectivity index (χ4n) is 1.60. The lowest BCUT2D eigenvalue weighted by molar-refractivity contribution is -0.147. The summed E-state index contributed by atoms with van der Waals surface area (Å²) in [7, 11) is -1.13. The number of methoxy groups -OCH3 is 2. The Morgan fingerprint density at radius 2 is 1.74 bits per heavy atom. The minimum absolute atomic E-state index is 0.0840. The van der Waals surface area contributed by atoms with Crippen LogP contribution in [0, 0.1) is 0 Å². The number of aliphatic hydroxyl groups excluding tert-OH is 1. The zero-order chi connectivity index (χ0) is 14.8. The Morgan fingerprint density at radius 3 is 2.11 bits per heavy atom. The molecular formula is C11H14O7S. The number of rotatable bonds is 5. The lowest BCUT2D eigenvalue weighted by Crippen LogP contribution is -2.13. The number of ether oxygens (including phenoxy) is 2. The Morgan fingerprint density at radius 1 is 1.21 bits per heavy atom. The molecule has 1 aromatic rings. The SMILES string of the molecule is COc1c(C(O)C(=O)O)ccc(S(C)(=O)=O)c1OC. The molecule has 7 nitrogen and oxygen atoms in total. The van der Waals surface area contributed by atoms with Crippen molar-refractivity contribution in [2.75, 3.05) is 20.5 Å². The molecule has 2 N–H and O–H groups in total. The van der Waals surface area contributed by atoms with E-state index in [1.165, 1.54) is 20.3 Å². The summed E-state index contributed by atoms with van der Waals surface area (Å²) in [4.78, 5) is 10.6. The first-order valence-corrected chi connectivity index (χ1v) is 6.99. The zero-order valence-electron chi connectivity index (χ0n) is 10.6. The lowest BCUT2D eigenvalue weighted by Gasteiger charge is -2.17. The minimum atomic E-state index is -3.57. The van der Waals surface area contributed by atoms with E-state index in [9.17, 15) is 18.3 Å². The van der Waals surface area contributed by atoms with E-state index in [2.05, 4.69) is 0 Å². The summed E-state index contributed by atoms with van der Waals surface area (Å²) >= 11 is 0. The Kier molecular flexibility index (Phi) is 4.38. The van der Waals surface area contributed by atoms with Crippen LogP contribution in [0.3, 0.4) is 0 Å². The maximum Gasteiger partial charge on any atom is 0.337 e. The lowest BCUT2D eigenvalue weighted by atomic mass is 10.1. The highest BCUT2D eigenvalue weighted by molar-refractivity contribution is 7.90. The van der Waals surface area contributed by atoms with Gasteiger partial charge in [0.2, 0.25) is 0 Å². The maximum absolute atomic E-state index is 11.6. The second-order valence-corrected chi connectivity index (χ2v) is 5.72. The van der Waals surface area contributed by atoms with Crippen LogP contribution in [0.2, 0.25) is 0 Å². The van der Waals surface area contributed by atoms with Crippen molar-refractivity contribution in [3.63, 3.8) is 0 Å². The molecule has 0 aliphatic heterocycles. The summed E-state index contributed by atoms with van der Waals surface area (Å²) in [6, 6.07) is 2.34. The first-order valence-electron chi connectivity index (χ1n) is 5.09. The molecule has 1 unspecified atom stereocenters. The van der Waals surface area contributed by atoms with Crippen molar-refractivity contribution in [2.24, 2.45) is 0 Å². The van der Waals surface area contributed by atoms with E-state index >= 15 is 0 Å². The summed E-state index contributed by atoms with van der Waals surface area (Å²) < 4.78 is 33.1. The fourth-order valence-corrected chi connectivity index (χ4v) is 2.43. The maximum atomic E-state index is 11.6. The third kappa shape index (κ3) is 2.96. The van der Waals surface area contributed by atoms with Crippen molar-refractivity contribution >= 4 is 15.8 Å². The molecule has 1 atom stereocenters. The van der Waals surface area contributed by atoms with Crippen LogP contribution in [0.5, 0.6) is 11.5 Å². The van der Waals surface area contributed by atoms with Crippen molar-refractivity contribution in [2.45, 2.75) is 11.0 Å². The number of aliphatic hydroxyl groups is 1. The highest BCUT2D eigenvalue weighted by Crippen LogP contribution is 2.39. The van der Waals surface area contributed by atoms with Gasteiger partial charge in [0.05, 0.1) is 14.2 Å². The standard InChI is InChI=1S/C11H14O7S/c1-17-9-6(8(12)11(13)14)4-5-7(10(9)18-2)19(3,15)16/h4-5,8,12H,1-3H3,(H,13,14). The van der Waals surface area contributed by atoms with Crippen molar-refractivity contribution < 1.29 is 32.9 Å². The number of benzene rings is 1. The van der Waals surface area contributed by atoms with Gasteiger partial charge in [-0.2, -0.15) is 0 Å². The van der Waals surface area contributed by atoms with Gasteiger partial charge in [-0.15, -0.1) is 0 Å².